The standard InChI is InChI=1S/C11H21N3O3S/c1-4-11(6-12)18(16,17)14-8-10(15)5-9(14)7-13(2)3/h9-11,15H,4-5,7-8H2,1-3H3. The monoisotopic (exact) mass is 275 g/mol. The van der Waals surface area contributed by atoms with Crippen molar-refractivity contribution in [3.05, 3.63) is 0 Å². The molecule has 0 aromatic carbocycles. The highest BCUT2D eigenvalue weighted by molar-refractivity contribution is 7.90. The first-order valence-electron chi connectivity index (χ1n) is 6.06. The predicted molar refractivity (Wildman–Crippen MR) is 68.3 cm³/mol. The summed E-state index contributed by atoms with van der Waals surface area (Å²) in [6.07, 6.45) is 0.0558. The molecular formula is C11H21N3O3S. The molecule has 1 saturated heterocycles. The molecule has 1 heterocycles. The third-order valence-electron chi connectivity index (χ3n) is 3.12. The number of hydrogen-bond acceptors (Lipinski definition) is 5. The number of aliphatic hydroxyl groups is 1. The van der Waals surface area contributed by atoms with Gasteiger partial charge >= 0.3 is 0 Å². The first kappa shape index (κ1) is 15.4. The van der Waals surface area contributed by atoms with E-state index in [1.54, 1.807) is 6.92 Å². The van der Waals surface area contributed by atoms with E-state index in [9.17, 15) is 13.5 Å². The van der Waals surface area contributed by atoms with Gasteiger partial charge in [-0.05, 0) is 26.9 Å². The van der Waals surface area contributed by atoms with Crippen molar-refractivity contribution < 1.29 is 13.5 Å². The van der Waals surface area contributed by atoms with Crippen LogP contribution >= 0.6 is 0 Å². The van der Waals surface area contributed by atoms with E-state index in [-0.39, 0.29) is 19.0 Å². The topological polar surface area (TPSA) is 84.6 Å². The smallest absolute Gasteiger partial charge is 0.230 e. The number of hydrogen-bond donors (Lipinski definition) is 1. The molecule has 0 radical (unpaired) electrons. The molecule has 1 aliphatic heterocycles. The highest BCUT2D eigenvalue weighted by Crippen LogP contribution is 2.25. The number of nitrogens with zero attached hydrogens (tertiary/aromatic N) is 3. The van der Waals surface area contributed by atoms with E-state index in [4.69, 9.17) is 5.26 Å². The second kappa shape index (κ2) is 5.97. The minimum Gasteiger partial charge on any atom is -0.392 e. The molecule has 0 saturated carbocycles. The van der Waals surface area contributed by atoms with E-state index < -0.39 is 21.4 Å². The average Bonchev–Trinajstić information content (AvgIpc) is 2.60. The lowest BCUT2D eigenvalue weighted by Gasteiger charge is -2.27. The molecule has 0 bridgehead atoms. The number of aliphatic hydroxyl groups excluding tert-OH is 1. The van der Waals surface area contributed by atoms with Gasteiger partial charge in [-0.1, -0.05) is 6.92 Å². The van der Waals surface area contributed by atoms with Crippen LogP contribution in [-0.2, 0) is 10.0 Å². The van der Waals surface area contributed by atoms with Crippen LogP contribution in [0.4, 0.5) is 0 Å². The highest BCUT2D eigenvalue weighted by atomic mass is 32.2. The lowest BCUT2D eigenvalue weighted by Crippen LogP contribution is -2.45. The Morgan fingerprint density at radius 2 is 2.17 bits per heavy atom. The van der Waals surface area contributed by atoms with Crippen molar-refractivity contribution in [1.29, 1.82) is 5.26 Å². The Kier molecular flexibility index (Phi) is 5.10. The molecule has 6 nitrogen and oxygen atoms in total. The normalized spacial score (nSPS) is 27.3. The summed E-state index contributed by atoms with van der Waals surface area (Å²) in [6, 6.07) is 1.58. The Bertz CT molecular complexity index is 416. The molecule has 1 fully saturated rings. The van der Waals surface area contributed by atoms with E-state index in [0.29, 0.717) is 13.0 Å². The van der Waals surface area contributed by atoms with Crippen LogP contribution in [0.2, 0.25) is 0 Å². The molecule has 0 aliphatic carbocycles. The van der Waals surface area contributed by atoms with Crippen LogP contribution < -0.4 is 0 Å². The zero-order valence-electron chi connectivity index (χ0n) is 11.1. The molecule has 0 spiro atoms. The molecule has 0 aromatic heterocycles. The summed E-state index contributed by atoms with van der Waals surface area (Å²) in [5.41, 5.74) is 0. The van der Waals surface area contributed by atoms with Crippen LogP contribution in [0.1, 0.15) is 19.8 Å². The second-order valence-electron chi connectivity index (χ2n) is 4.95. The molecule has 3 atom stereocenters. The molecule has 0 amide bonds. The van der Waals surface area contributed by atoms with E-state index in [2.05, 4.69) is 0 Å². The predicted octanol–water partition coefficient (Wildman–Crippen LogP) is -0.385. The van der Waals surface area contributed by atoms with Gasteiger partial charge in [-0.3, -0.25) is 0 Å². The lowest BCUT2D eigenvalue weighted by atomic mass is 10.2. The zero-order valence-corrected chi connectivity index (χ0v) is 11.9. The minimum atomic E-state index is -3.64. The van der Waals surface area contributed by atoms with E-state index in [0.717, 1.165) is 0 Å². The zero-order chi connectivity index (χ0) is 13.9. The Morgan fingerprint density at radius 3 is 2.61 bits per heavy atom. The molecule has 104 valence electrons. The second-order valence-corrected chi connectivity index (χ2v) is 7.01. The van der Waals surface area contributed by atoms with Gasteiger partial charge in [0.25, 0.3) is 0 Å². The average molecular weight is 275 g/mol. The summed E-state index contributed by atoms with van der Waals surface area (Å²) >= 11 is 0. The first-order valence-corrected chi connectivity index (χ1v) is 7.56. The first-order chi connectivity index (χ1) is 8.32. The summed E-state index contributed by atoms with van der Waals surface area (Å²) in [5.74, 6) is 0. The molecule has 18 heavy (non-hydrogen) atoms. The third kappa shape index (κ3) is 3.20. The van der Waals surface area contributed by atoms with Gasteiger partial charge in [0.05, 0.1) is 12.2 Å². The van der Waals surface area contributed by atoms with Crippen LogP contribution in [-0.4, -0.2) is 67.3 Å². The van der Waals surface area contributed by atoms with Crippen LogP contribution in [0.25, 0.3) is 0 Å². The van der Waals surface area contributed by atoms with Crippen LogP contribution in [0.15, 0.2) is 0 Å². The van der Waals surface area contributed by atoms with Crippen LogP contribution in [0.3, 0.4) is 0 Å². The van der Waals surface area contributed by atoms with E-state index >= 15 is 0 Å². The van der Waals surface area contributed by atoms with Crippen molar-refractivity contribution in [2.45, 2.75) is 37.2 Å². The molecule has 1 rings (SSSR count). The van der Waals surface area contributed by atoms with Crippen molar-refractivity contribution in [3.63, 3.8) is 0 Å². The van der Waals surface area contributed by atoms with Gasteiger partial charge in [0.15, 0.2) is 5.25 Å². The van der Waals surface area contributed by atoms with Crippen LogP contribution in [0.5, 0.6) is 0 Å². The molecule has 1 N–H and O–H groups in total. The number of nitriles is 1. The Balaban J connectivity index is 2.95. The molecule has 7 heteroatoms. The Labute approximate surface area is 109 Å². The molecule has 3 unspecified atom stereocenters. The Morgan fingerprint density at radius 1 is 1.56 bits per heavy atom. The quantitative estimate of drug-likeness (QED) is 0.739. The molecule has 1 aliphatic rings. The van der Waals surface area contributed by atoms with E-state index in [1.165, 1.54) is 4.31 Å². The SMILES string of the molecule is CCC(C#N)S(=O)(=O)N1CC(O)CC1CN(C)C. The maximum atomic E-state index is 12.3. The van der Waals surface area contributed by atoms with Gasteiger partial charge in [0.2, 0.25) is 10.0 Å². The summed E-state index contributed by atoms with van der Waals surface area (Å²) < 4.78 is 25.9. The van der Waals surface area contributed by atoms with Gasteiger partial charge in [0, 0.05) is 19.1 Å². The summed E-state index contributed by atoms with van der Waals surface area (Å²) in [6.45, 7) is 2.33. The number of likely N-dealkylation sites (N-methyl/N-ethyl adjacent to an activating group) is 1. The molecule has 0 aromatic rings. The van der Waals surface area contributed by atoms with Gasteiger partial charge in [-0.2, -0.15) is 9.57 Å². The van der Waals surface area contributed by atoms with Crippen molar-refractivity contribution in [2.24, 2.45) is 0 Å². The maximum absolute atomic E-state index is 12.3. The Hall–Kier alpha value is -0.680. The van der Waals surface area contributed by atoms with Gasteiger partial charge in [-0.15, -0.1) is 0 Å². The fourth-order valence-corrected chi connectivity index (χ4v) is 4.12. The number of β-amino-alcohol motifs (C(OH)–C–C–N with tert-alkyl or cyclic N) is 1. The number of rotatable bonds is 5. The van der Waals surface area contributed by atoms with E-state index in [1.807, 2.05) is 25.1 Å². The van der Waals surface area contributed by atoms with Crippen molar-refractivity contribution in [2.75, 3.05) is 27.2 Å². The minimum absolute atomic E-state index is 0.0963. The van der Waals surface area contributed by atoms with Crippen molar-refractivity contribution >= 4 is 10.0 Å². The maximum Gasteiger partial charge on any atom is 0.230 e. The summed E-state index contributed by atoms with van der Waals surface area (Å²) in [5, 5.41) is 17.6. The van der Waals surface area contributed by atoms with Crippen molar-refractivity contribution in [1.82, 2.24) is 9.21 Å². The number of sulfonamides is 1. The molecular weight excluding hydrogens is 254 g/mol. The van der Waals surface area contributed by atoms with Crippen molar-refractivity contribution in [3.8, 4) is 6.07 Å². The fraction of sp³-hybridized carbons (Fsp3) is 0.909. The largest absolute Gasteiger partial charge is 0.392 e. The van der Waals surface area contributed by atoms with Crippen LogP contribution in [0, 0.1) is 11.3 Å². The van der Waals surface area contributed by atoms with Gasteiger partial charge in [-0.25, -0.2) is 8.42 Å². The van der Waals surface area contributed by atoms with Gasteiger partial charge in [0.1, 0.15) is 0 Å². The fourth-order valence-electron chi connectivity index (χ4n) is 2.29. The lowest BCUT2D eigenvalue weighted by molar-refractivity contribution is 0.188. The highest BCUT2D eigenvalue weighted by Gasteiger charge is 2.42. The third-order valence-corrected chi connectivity index (χ3v) is 5.38. The summed E-state index contributed by atoms with van der Waals surface area (Å²) in [4.78, 5) is 1.89. The summed E-state index contributed by atoms with van der Waals surface area (Å²) in [7, 11) is 0.0734. The van der Waals surface area contributed by atoms with Gasteiger partial charge < -0.3 is 10.0 Å².